The van der Waals surface area contributed by atoms with E-state index in [2.05, 4.69) is 15.8 Å². The lowest BCUT2D eigenvalue weighted by Gasteiger charge is -2.12. The summed E-state index contributed by atoms with van der Waals surface area (Å²) in [5, 5.41) is 8.75. The molecule has 2 N–H and O–H groups in total. The molecule has 0 aliphatic rings. The van der Waals surface area contributed by atoms with Crippen molar-refractivity contribution in [2.45, 2.75) is 39.0 Å². The van der Waals surface area contributed by atoms with Gasteiger partial charge in [-0.1, -0.05) is 5.16 Å². The second kappa shape index (κ2) is 9.28. The largest absolute Gasteiger partial charge is 0.491 e. The van der Waals surface area contributed by atoms with E-state index in [9.17, 15) is 9.59 Å². The lowest BCUT2D eigenvalue weighted by atomic mass is 10.3. The molecular formula is C18H23N3O4S. The maximum absolute atomic E-state index is 12.1. The Labute approximate surface area is 156 Å². The maximum atomic E-state index is 12.1. The Hall–Kier alpha value is -2.48. The number of ether oxygens (including phenoxy) is 1. The summed E-state index contributed by atoms with van der Waals surface area (Å²) in [6, 6.07) is 8.80. The minimum Gasteiger partial charge on any atom is -0.491 e. The molecule has 0 bridgehead atoms. The van der Waals surface area contributed by atoms with Crippen LogP contribution in [0.5, 0.6) is 5.75 Å². The zero-order valence-electron chi connectivity index (χ0n) is 15.2. The minimum atomic E-state index is -0.403. The van der Waals surface area contributed by atoms with Crippen LogP contribution >= 0.6 is 11.8 Å². The molecule has 7 nitrogen and oxygen atoms in total. The molecule has 140 valence electrons. The summed E-state index contributed by atoms with van der Waals surface area (Å²) in [5.41, 5.74) is 0.682. The average Bonchev–Trinajstić information content (AvgIpc) is 2.98. The second-order valence-corrected chi connectivity index (χ2v) is 7.33. The first kappa shape index (κ1) is 19.8. The molecule has 1 atom stereocenters. The van der Waals surface area contributed by atoms with Gasteiger partial charge in [-0.15, -0.1) is 11.8 Å². The summed E-state index contributed by atoms with van der Waals surface area (Å²) in [5.74, 6) is 1.49. The Morgan fingerprint density at radius 3 is 2.46 bits per heavy atom. The number of carbonyl (C=O) groups excluding carboxylic acids is 2. The van der Waals surface area contributed by atoms with Gasteiger partial charge in [-0.3, -0.25) is 9.59 Å². The molecule has 0 spiro atoms. The lowest BCUT2D eigenvalue weighted by molar-refractivity contribution is -0.115. The van der Waals surface area contributed by atoms with Gasteiger partial charge >= 0.3 is 0 Å². The van der Waals surface area contributed by atoms with E-state index in [4.69, 9.17) is 9.26 Å². The van der Waals surface area contributed by atoms with Crippen molar-refractivity contribution in [1.29, 1.82) is 0 Å². The Morgan fingerprint density at radius 2 is 1.88 bits per heavy atom. The third-order valence-corrected chi connectivity index (χ3v) is 4.37. The van der Waals surface area contributed by atoms with Crippen LogP contribution in [0.1, 0.15) is 26.5 Å². The first-order chi connectivity index (χ1) is 12.3. The Morgan fingerprint density at radius 1 is 1.19 bits per heavy atom. The molecule has 0 saturated heterocycles. The lowest BCUT2D eigenvalue weighted by Crippen LogP contribution is -2.25. The highest BCUT2D eigenvalue weighted by Gasteiger charge is 2.17. The van der Waals surface area contributed by atoms with Crippen LogP contribution in [0.2, 0.25) is 0 Å². The Bertz CT molecular complexity index is 743. The minimum absolute atomic E-state index is 0.0978. The fourth-order valence-electron chi connectivity index (χ4n) is 2.02. The normalized spacial score (nSPS) is 11.9. The van der Waals surface area contributed by atoms with Gasteiger partial charge in [0.15, 0.2) is 5.82 Å². The summed E-state index contributed by atoms with van der Waals surface area (Å²) in [4.78, 5) is 24.1. The zero-order valence-corrected chi connectivity index (χ0v) is 16.1. The maximum Gasteiger partial charge on any atom is 0.238 e. The van der Waals surface area contributed by atoms with Crippen LogP contribution in [0.25, 0.3) is 0 Å². The predicted octanol–water partition coefficient (Wildman–Crippen LogP) is 3.47. The SMILES string of the molecule is Cc1cc(NC(=O)C(C)SCC(=O)Nc2ccc(OC(C)C)cc2)no1. The third kappa shape index (κ3) is 6.44. The van der Waals surface area contributed by atoms with E-state index in [-0.39, 0.29) is 23.7 Å². The van der Waals surface area contributed by atoms with Crippen LogP contribution in [-0.2, 0) is 9.59 Å². The van der Waals surface area contributed by atoms with Gasteiger partial charge in [-0.05, 0) is 52.0 Å². The predicted molar refractivity (Wildman–Crippen MR) is 103 cm³/mol. The molecule has 2 aromatic rings. The molecule has 2 amide bonds. The number of anilines is 2. The van der Waals surface area contributed by atoms with Crippen molar-refractivity contribution in [3.05, 3.63) is 36.1 Å². The standard InChI is InChI=1S/C18H23N3O4S/c1-11(2)24-15-7-5-14(6-8-15)19-17(22)10-26-13(4)18(23)20-16-9-12(3)25-21-16/h5-9,11,13H,10H2,1-4H3,(H,19,22)(H,20,21,23). The van der Waals surface area contributed by atoms with Crippen LogP contribution in [0.4, 0.5) is 11.5 Å². The molecule has 0 radical (unpaired) electrons. The highest BCUT2D eigenvalue weighted by atomic mass is 32.2. The number of aromatic nitrogens is 1. The van der Waals surface area contributed by atoms with Gasteiger partial charge < -0.3 is 19.9 Å². The van der Waals surface area contributed by atoms with Crippen LogP contribution in [0.15, 0.2) is 34.9 Å². The van der Waals surface area contributed by atoms with E-state index in [1.807, 2.05) is 13.8 Å². The number of rotatable bonds is 8. The van der Waals surface area contributed by atoms with Crippen LogP contribution in [0.3, 0.4) is 0 Å². The van der Waals surface area contributed by atoms with Crippen molar-refractivity contribution in [1.82, 2.24) is 5.16 Å². The number of aryl methyl sites for hydroxylation is 1. The summed E-state index contributed by atoms with van der Waals surface area (Å²) in [6.07, 6.45) is 0.0978. The smallest absolute Gasteiger partial charge is 0.238 e. The van der Waals surface area contributed by atoms with E-state index in [1.54, 1.807) is 44.2 Å². The van der Waals surface area contributed by atoms with Gasteiger partial charge in [0.25, 0.3) is 0 Å². The molecule has 1 aromatic carbocycles. The fraction of sp³-hybridized carbons (Fsp3) is 0.389. The molecule has 1 heterocycles. The van der Waals surface area contributed by atoms with Crippen molar-refractivity contribution in [3.63, 3.8) is 0 Å². The molecule has 0 aliphatic heterocycles. The van der Waals surface area contributed by atoms with Gasteiger partial charge in [0, 0.05) is 11.8 Å². The van der Waals surface area contributed by atoms with Crippen molar-refractivity contribution >= 4 is 35.1 Å². The van der Waals surface area contributed by atoms with Crippen LogP contribution in [-0.4, -0.2) is 34.1 Å². The first-order valence-electron chi connectivity index (χ1n) is 8.26. The summed E-state index contributed by atoms with van der Waals surface area (Å²) >= 11 is 1.24. The first-order valence-corrected chi connectivity index (χ1v) is 9.30. The molecule has 0 aliphatic carbocycles. The molecule has 1 unspecified atom stereocenters. The average molecular weight is 377 g/mol. The second-order valence-electron chi connectivity index (χ2n) is 6.00. The number of nitrogens with one attached hydrogen (secondary N) is 2. The van der Waals surface area contributed by atoms with Gasteiger partial charge in [-0.2, -0.15) is 0 Å². The van der Waals surface area contributed by atoms with Crippen molar-refractivity contribution in [2.75, 3.05) is 16.4 Å². The van der Waals surface area contributed by atoms with Gasteiger partial charge in [0.05, 0.1) is 17.1 Å². The molecule has 2 rings (SSSR count). The summed E-state index contributed by atoms with van der Waals surface area (Å²) < 4.78 is 10.5. The van der Waals surface area contributed by atoms with Crippen molar-refractivity contribution < 1.29 is 18.8 Å². The number of nitrogens with zero attached hydrogens (tertiary/aromatic N) is 1. The third-order valence-electron chi connectivity index (χ3n) is 3.22. The van der Waals surface area contributed by atoms with E-state index in [1.165, 1.54) is 11.8 Å². The van der Waals surface area contributed by atoms with Gasteiger partial charge in [0.2, 0.25) is 11.8 Å². The summed E-state index contributed by atoms with van der Waals surface area (Å²) in [7, 11) is 0. The Kier molecular flexibility index (Phi) is 7.08. The molecule has 0 saturated carbocycles. The number of amides is 2. The molecule has 1 aromatic heterocycles. The van der Waals surface area contributed by atoms with E-state index in [0.29, 0.717) is 17.3 Å². The Balaban J connectivity index is 1.76. The molecular weight excluding hydrogens is 354 g/mol. The number of hydrogen-bond acceptors (Lipinski definition) is 6. The van der Waals surface area contributed by atoms with E-state index < -0.39 is 5.25 Å². The zero-order chi connectivity index (χ0) is 19.1. The molecule has 26 heavy (non-hydrogen) atoms. The molecule has 8 heteroatoms. The number of carbonyl (C=O) groups is 2. The number of benzene rings is 1. The van der Waals surface area contributed by atoms with Crippen molar-refractivity contribution in [2.24, 2.45) is 0 Å². The van der Waals surface area contributed by atoms with Crippen LogP contribution in [0, 0.1) is 6.92 Å². The number of hydrogen-bond donors (Lipinski definition) is 2. The highest BCUT2D eigenvalue weighted by Crippen LogP contribution is 2.18. The molecule has 0 fully saturated rings. The fourth-order valence-corrected chi connectivity index (χ4v) is 2.70. The summed E-state index contributed by atoms with van der Waals surface area (Å²) in [6.45, 7) is 7.38. The topological polar surface area (TPSA) is 93.5 Å². The quantitative estimate of drug-likeness (QED) is 0.732. The van der Waals surface area contributed by atoms with E-state index in [0.717, 1.165) is 5.75 Å². The van der Waals surface area contributed by atoms with Gasteiger partial charge in [-0.25, -0.2) is 0 Å². The van der Waals surface area contributed by atoms with Gasteiger partial charge in [0.1, 0.15) is 11.5 Å². The van der Waals surface area contributed by atoms with Crippen molar-refractivity contribution in [3.8, 4) is 5.75 Å². The van der Waals surface area contributed by atoms with E-state index >= 15 is 0 Å². The number of thioether (sulfide) groups is 1. The van der Waals surface area contributed by atoms with Crippen LogP contribution < -0.4 is 15.4 Å². The monoisotopic (exact) mass is 377 g/mol. The highest BCUT2D eigenvalue weighted by molar-refractivity contribution is 8.01.